The van der Waals surface area contributed by atoms with Gasteiger partial charge >= 0.3 is 5.97 Å². The number of carbonyl (C=O) groups is 2. The first-order valence-electron chi connectivity index (χ1n) is 7.76. The van der Waals surface area contributed by atoms with E-state index in [9.17, 15) is 14.7 Å². The van der Waals surface area contributed by atoms with Crippen LogP contribution in [-0.4, -0.2) is 29.7 Å². The van der Waals surface area contributed by atoms with Gasteiger partial charge in [-0.3, -0.25) is 4.79 Å². The lowest BCUT2D eigenvalue weighted by atomic mass is 9.88. The number of rotatable bonds is 6. The van der Waals surface area contributed by atoms with Gasteiger partial charge in [-0.05, 0) is 24.3 Å². The third kappa shape index (κ3) is 4.56. The van der Waals surface area contributed by atoms with Crippen LogP contribution in [0.2, 0.25) is 0 Å². The number of hydrogen-bond acceptors (Lipinski definition) is 3. The zero-order valence-electron chi connectivity index (χ0n) is 12.8. The van der Waals surface area contributed by atoms with Crippen molar-refractivity contribution in [2.75, 3.05) is 6.61 Å². The summed E-state index contributed by atoms with van der Waals surface area (Å²) in [6, 6.07) is 7.63. The van der Waals surface area contributed by atoms with Crippen LogP contribution >= 0.6 is 0 Å². The molecule has 5 nitrogen and oxygen atoms in total. The Balaban J connectivity index is 1.87. The van der Waals surface area contributed by atoms with E-state index in [2.05, 4.69) is 12.2 Å². The van der Waals surface area contributed by atoms with Crippen LogP contribution in [0.4, 0.5) is 0 Å². The van der Waals surface area contributed by atoms with Crippen molar-refractivity contribution in [2.24, 2.45) is 5.92 Å². The predicted molar refractivity (Wildman–Crippen MR) is 82.3 cm³/mol. The molecule has 3 atom stereocenters. The number of aliphatic carboxylic acids is 1. The third-order valence-electron chi connectivity index (χ3n) is 4.15. The summed E-state index contributed by atoms with van der Waals surface area (Å²) < 4.78 is 5.67. The van der Waals surface area contributed by atoms with Gasteiger partial charge < -0.3 is 15.2 Å². The number of carboxylic acid groups (broad SMARTS) is 1. The molecule has 0 saturated heterocycles. The molecule has 0 radical (unpaired) electrons. The second-order valence-electron chi connectivity index (χ2n) is 5.86. The Morgan fingerprint density at radius 3 is 2.59 bits per heavy atom. The van der Waals surface area contributed by atoms with Crippen molar-refractivity contribution in [3.05, 3.63) is 35.9 Å². The van der Waals surface area contributed by atoms with Gasteiger partial charge in [0, 0.05) is 0 Å². The number of amides is 1. The second kappa shape index (κ2) is 7.94. The Morgan fingerprint density at radius 1 is 1.27 bits per heavy atom. The van der Waals surface area contributed by atoms with E-state index >= 15 is 0 Å². The molecule has 1 aromatic carbocycles. The summed E-state index contributed by atoms with van der Waals surface area (Å²) in [4.78, 5) is 23.3. The van der Waals surface area contributed by atoms with Crippen molar-refractivity contribution in [3.63, 3.8) is 0 Å². The molecule has 0 aromatic heterocycles. The zero-order valence-corrected chi connectivity index (χ0v) is 12.8. The Hall–Kier alpha value is -1.88. The topological polar surface area (TPSA) is 75.6 Å². The van der Waals surface area contributed by atoms with Gasteiger partial charge in [0.25, 0.3) is 0 Å². The first-order valence-corrected chi connectivity index (χ1v) is 7.76. The minimum Gasteiger partial charge on any atom is -0.479 e. The van der Waals surface area contributed by atoms with Crippen LogP contribution in [0.15, 0.2) is 30.3 Å². The molecule has 1 aromatic rings. The van der Waals surface area contributed by atoms with Gasteiger partial charge in [-0.2, -0.15) is 0 Å². The van der Waals surface area contributed by atoms with Crippen molar-refractivity contribution in [3.8, 4) is 0 Å². The zero-order chi connectivity index (χ0) is 15.9. The normalized spacial score (nSPS) is 22.8. The van der Waals surface area contributed by atoms with E-state index in [0.29, 0.717) is 11.5 Å². The average molecular weight is 305 g/mol. The highest BCUT2D eigenvalue weighted by Crippen LogP contribution is 2.26. The number of hydrogen-bond donors (Lipinski definition) is 2. The molecule has 0 aliphatic heterocycles. The average Bonchev–Trinajstić information content (AvgIpc) is 2.52. The summed E-state index contributed by atoms with van der Waals surface area (Å²) >= 11 is 0. The Kier molecular flexibility index (Phi) is 5.95. The van der Waals surface area contributed by atoms with Gasteiger partial charge in [-0.15, -0.1) is 0 Å². The van der Waals surface area contributed by atoms with Crippen LogP contribution < -0.4 is 5.32 Å². The maximum atomic E-state index is 12.0. The van der Waals surface area contributed by atoms with E-state index in [1.165, 1.54) is 6.42 Å². The monoisotopic (exact) mass is 305 g/mol. The molecule has 22 heavy (non-hydrogen) atoms. The van der Waals surface area contributed by atoms with Crippen LogP contribution in [-0.2, 0) is 14.3 Å². The summed E-state index contributed by atoms with van der Waals surface area (Å²) in [5.74, 6) is -1.02. The van der Waals surface area contributed by atoms with Crippen LogP contribution in [0.5, 0.6) is 0 Å². The maximum absolute atomic E-state index is 12.0. The molecule has 2 N–H and O–H groups in total. The molecule has 120 valence electrons. The van der Waals surface area contributed by atoms with Gasteiger partial charge in [-0.1, -0.05) is 50.1 Å². The fourth-order valence-corrected chi connectivity index (χ4v) is 2.85. The van der Waals surface area contributed by atoms with Crippen molar-refractivity contribution < 1.29 is 19.4 Å². The number of ether oxygens (including phenoxy) is 1. The van der Waals surface area contributed by atoms with Crippen molar-refractivity contribution in [2.45, 2.75) is 44.8 Å². The SMILES string of the molecule is CC1CCCCC1OCC(=O)N[C@@H](C(=O)O)c1ccccc1. The van der Waals surface area contributed by atoms with Crippen LogP contribution in [0.1, 0.15) is 44.2 Å². The number of benzene rings is 1. The smallest absolute Gasteiger partial charge is 0.330 e. The lowest BCUT2D eigenvalue weighted by Crippen LogP contribution is -2.38. The summed E-state index contributed by atoms with van der Waals surface area (Å²) in [6.45, 7) is 2.04. The maximum Gasteiger partial charge on any atom is 0.330 e. The molecule has 0 spiro atoms. The van der Waals surface area contributed by atoms with Crippen LogP contribution in [0, 0.1) is 5.92 Å². The number of carbonyl (C=O) groups excluding carboxylic acids is 1. The Labute approximate surface area is 130 Å². The molecule has 1 amide bonds. The summed E-state index contributed by atoms with van der Waals surface area (Å²) in [7, 11) is 0. The summed E-state index contributed by atoms with van der Waals surface area (Å²) in [6.07, 6.45) is 4.52. The lowest BCUT2D eigenvalue weighted by molar-refractivity contribution is -0.143. The fraction of sp³-hybridized carbons (Fsp3) is 0.529. The summed E-state index contributed by atoms with van der Waals surface area (Å²) in [5, 5.41) is 11.8. The molecule has 1 aliphatic carbocycles. The quantitative estimate of drug-likeness (QED) is 0.847. The largest absolute Gasteiger partial charge is 0.479 e. The van der Waals surface area contributed by atoms with E-state index in [-0.39, 0.29) is 12.7 Å². The minimum absolute atomic E-state index is 0.0916. The highest BCUT2D eigenvalue weighted by Gasteiger charge is 2.25. The van der Waals surface area contributed by atoms with Gasteiger partial charge in [0.2, 0.25) is 5.91 Å². The van der Waals surface area contributed by atoms with Gasteiger partial charge in [0.1, 0.15) is 6.61 Å². The van der Waals surface area contributed by atoms with Crippen LogP contribution in [0.25, 0.3) is 0 Å². The highest BCUT2D eigenvalue weighted by atomic mass is 16.5. The first-order chi connectivity index (χ1) is 10.6. The van der Waals surface area contributed by atoms with E-state index in [1.54, 1.807) is 30.3 Å². The molecule has 1 fully saturated rings. The van der Waals surface area contributed by atoms with E-state index in [0.717, 1.165) is 19.3 Å². The molecule has 1 saturated carbocycles. The standard InChI is InChI=1S/C17H23NO4/c1-12-7-5-6-10-14(12)22-11-15(19)18-16(17(20)21)13-8-3-2-4-9-13/h2-4,8-9,12,14,16H,5-7,10-11H2,1H3,(H,18,19)(H,20,21)/t12?,14?,16-/m1/s1. The molecule has 2 unspecified atom stereocenters. The molecule has 2 rings (SSSR count). The fourth-order valence-electron chi connectivity index (χ4n) is 2.85. The van der Waals surface area contributed by atoms with Gasteiger partial charge in [0.15, 0.2) is 6.04 Å². The number of carboxylic acids is 1. The van der Waals surface area contributed by atoms with Gasteiger partial charge in [-0.25, -0.2) is 4.79 Å². The molecular formula is C17H23NO4. The van der Waals surface area contributed by atoms with Gasteiger partial charge in [0.05, 0.1) is 6.10 Å². The molecular weight excluding hydrogens is 282 g/mol. The van der Waals surface area contributed by atoms with E-state index in [1.807, 2.05) is 0 Å². The number of nitrogens with one attached hydrogen (secondary N) is 1. The third-order valence-corrected chi connectivity index (χ3v) is 4.15. The first kappa shape index (κ1) is 16.5. The predicted octanol–water partition coefficient (Wildman–Crippen LogP) is 2.52. The van der Waals surface area contributed by atoms with E-state index < -0.39 is 17.9 Å². The molecule has 0 bridgehead atoms. The molecule has 0 heterocycles. The van der Waals surface area contributed by atoms with Crippen molar-refractivity contribution in [1.29, 1.82) is 0 Å². The highest BCUT2D eigenvalue weighted by molar-refractivity contribution is 5.85. The molecule has 1 aliphatic rings. The summed E-state index contributed by atoms with van der Waals surface area (Å²) in [5.41, 5.74) is 0.550. The van der Waals surface area contributed by atoms with Crippen molar-refractivity contribution >= 4 is 11.9 Å². The van der Waals surface area contributed by atoms with Crippen molar-refractivity contribution in [1.82, 2.24) is 5.32 Å². The molecule has 5 heteroatoms. The Bertz CT molecular complexity index is 503. The van der Waals surface area contributed by atoms with Crippen LogP contribution in [0.3, 0.4) is 0 Å². The Morgan fingerprint density at radius 2 is 1.95 bits per heavy atom. The lowest BCUT2D eigenvalue weighted by Gasteiger charge is -2.28. The minimum atomic E-state index is -1.08. The second-order valence-corrected chi connectivity index (χ2v) is 5.86. The van der Waals surface area contributed by atoms with E-state index in [4.69, 9.17) is 4.74 Å².